The first-order valence-electron chi connectivity index (χ1n) is 6.99. The predicted octanol–water partition coefficient (Wildman–Crippen LogP) is 0.342. The van der Waals surface area contributed by atoms with Crippen LogP contribution in [-0.2, 0) is 9.53 Å². The molecule has 3 N–H and O–H groups in total. The molecule has 0 atom stereocenters. The smallest absolute Gasteiger partial charge is 0.234 e. The first kappa shape index (κ1) is 15.4. The van der Waals surface area contributed by atoms with Crippen LogP contribution in [0.25, 0.3) is 0 Å². The van der Waals surface area contributed by atoms with Gasteiger partial charge in [0.1, 0.15) is 0 Å². The maximum absolute atomic E-state index is 11.6. The van der Waals surface area contributed by atoms with Crippen LogP contribution >= 0.6 is 0 Å². The molecule has 0 aromatic heterocycles. The first-order chi connectivity index (χ1) is 8.65. The van der Waals surface area contributed by atoms with Crippen LogP contribution in [0.1, 0.15) is 33.1 Å². The summed E-state index contributed by atoms with van der Waals surface area (Å²) < 4.78 is 5.79. The van der Waals surface area contributed by atoms with Gasteiger partial charge in [0.2, 0.25) is 5.91 Å². The number of amides is 1. The zero-order valence-electron chi connectivity index (χ0n) is 11.7. The predicted molar refractivity (Wildman–Crippen MR) is 72.4 cm³/mol. The van der Waals surface area contributed by atoms with Crippen LogP contribution in [0, 0.1) is 0 Å². The Labute approximate surface area is 110 Å². The molecule has 1 amide bonds. The van der Waals surface area contributed by atoms with Crippen molar-refractivity contribution in [3.63, 3.8) is 0 Å². The molecular weight excluding hydrogens is 230 g/mol. The molecule has 106 valence electrons. The Morgan fingerprint density at radius 1 is 1.39 bits per heavy atom. The number of carbonyl (C=O) groups is 1. The lowest BCUT2D eigenvalue weighted by Gasteiger charge is -2.40. The Balaban J connectivity index is 2.32. The fourth-order valence-corrected chi connectivity index (χ4v) is 2.36. The fraction of sp³-hybridized carbons (Fsp3) is 0.923. The summed E-state index contributed by atoms with van der Waals surface area (Å²) in [5, 5.41) is 2.90. The average molecular weight is 257 g/mol. The summed E-state index contributed by atoms with van der Waals surface area (Å²) in [5.74, 6) is 0.119. The van der Waals surface area contributed by atoms with Crippen LogP contribution in [0.3, 0.4) is 0 Å². The molecule has 0 aromatic carbocycles. The minimum absolute atomic E-state index is 0.119. The molecule has 5 heteroatoms. The minimum atomic E-state index is -0.162. The lowest BCUT2D eigenvalue weighted by Crippen LogP contribution is -2.52. The molecule has 0 saturated carbocycles. The highest BCUT2D eigenvalue weighted by Gasteiger charge is 2.34. The van der Waals surface area contributed by atoms with Crippen molar-refractivity contribution in [1.29, 1.82) is 0 Å². The molecule has 0 aromatic rings. The summed E-state index contributed by atoms with van der Waals surface area (Å²) >= 11 is 0. The van der Waals surface area contributed by atoms with E-state index >= 15 is 0 Å². The SMILES string of the molecule is CCCNC(=O)CN1CCC(CN)(OCC)CC1. The molecule has 0 bridgehead atoms. The Hall–Kier alpha value is -0.650. The second kappa shape index (κ2) is 7.71. The van der Waals surface area contributed by atoms with E-state index in [1.165, 1.54) is 0 Å². The second-order valence-corrected chi connectivity index (χ2v) is 4.95. The topological polar surface area (TPSA) is 67.6 Å². The first-order valence-corrected chi connectivity index (χ1v) is 6.99. The third-order valence-corrected chi connectivity index (χ3v) is 3.53. The molecule has 1 aliphatic rings. The van der Waals surface area contributed by atoms with E-state index in [0.717, 1.165) is 38.9 Å². The second-order valence-electron chi connectivity index (χ2n) is 4.95. The molecule has 1 rings (SSSR count). The van der Waals surface area contributed by atoms with Gasteiger partial charge in [0.05, 0.1) is 12.1 Å². The summed E-state index contributed by atoms with van der Waals surface area (Å²) in [7, 11) is 0. The summed E-state index contributed by atoms with van der Waals surface area (Å²) in [6.45, 7) is 8.35. The van der Waals surface area contributed by atoms with Crippen LogP contribution in [-0.4, -0.2) is 55.7 Å². The van der Waals surface area contributed by atoms with Crippen LogP contribution in [0.5, 0.6) is 0 Å². The van der Waals surface area contributed by atoms with Crippen LogP contribution < -0.4 is 11.1 Å². The van der Waals surface area contributed by atoms with E-state index in [9.17, 15) is 4.79 Å². The number of hydrogen-bond acceptors (Lipinski definition) is 4. The van der Waals surface area contributed by atoms with Crippen LogP contribution in [0.2, 0.25) is 0 Å². The average Bonchev–Trinajstić information content (AvgIpc) is 2.39. The van der Waals surface area contributed by atoms with E-state index in [4.69, 9.17) is 10.5 Å². The van der Waals surface area contributed by atoms with E-state index in [1.54, 1.807) is 0 Å². The maximum atomic E-state index is 11.6. The number of nitrogens with two attached hydrogens (primary N) is 1. The van der Waals surface area contributed by atoms with Crippen molar-refractivity contribution in [2.75, 3.05) is 39.3 Å². The quantitative estimate of drug-likeness (QED) is 0.690. The lowest BCUT2D eigenvalue weighted by atomic mass is 9.91. The zero-order chi connectivity index (χ0) is 13.4. The van der Waals surface area contributed by atoms with Crippen LogP contribution in [0.4, 0.5) is 0 Å². The number of likely N-dealkylation sites (tertiary alicyclic amines) is 1. The van der Waals surface area contributed by atoms with Crippen LogP contribution in [0.15, 0.2) is 0 Å². The highest BCUT2D eigenvalue weighted by Crippen LogP contribution is 2.25. The summed E-state index contributed by atoms with van der Waals surface area (Å²) in [6.07, 6.45) is 2.81. The molecule has 1 saturated heterocycles. The van der Waals surface area contributed by atoms with Crippen molar-refractivity contribution in [2.24, 2.45) is 5.73 Å². The minimum Gasteiger partial charge on any atom is -0.374 e. The van der Waals surface area contributed by atoms with E-state index in [-0.39, 0.29) is 11.5 Å². The van der Waals surface area contributed by atoms with Gasteiger partial charge in [0.25, 0.3) is 0 Å². The molecule has 5 nitrogen and oxygen atoms in total. The van der Waals surface area contributed by atoms with Gasteiger partial charge >= 0.3 is 0 Å². The Kier molecular flexibility index (Phi) is 6.60. The molecule has 1 heterocycles. The third kappa shape index (κ3) is 4.55. The zero-order valence-corrected chi connectivity index (χ0v) is 11.7. The number of nitrogens with zero attached hydrogens (tertiary/aromatic N) is 1. The summed E-state index contributed by atoms with van der Waals surface area (Å²) in [5.41, 5.74) is 5.65. The van der Waals surface area contributed by atoms with Gasteiger partial charge in [-0.3, -0.25) is 9.69 Å². The highest BCUT2D eigenvalue weighted by atomic mass is 16.5. The number of piperidine rings is 1. The molecular formula is C13H27N3O2. The van der Waals surface area contributed by atoms with Crippen molar-refractivity contribution < 1.29 is 9.53 Å². The van der Waals surface area contributed by atoms with Crippen molar-refractivity contribution in [3.05, 3.63) is 0 Å². The number of hydrogen-bond donors (Lipinski definition) is 2. The van der Waals surface area contributed by atoms with Gasteiger partial charge in [-0.15, -0.1) is 0 Å². The number of rotatable bonds is 7. The van der Waals surface area contributed by atoms with E-state index in [1.807, 2.05) is 6.92 Å². The highest BCUT2D eigenvalue weighted by molar-refractivity contribution is 5.77. The molecule has 0 radical (unpaired) electrons. The van der Waals surface area contributed by atoms with Gasteiger partial charge in [0, 0.05) is 32.8 Å². The number of ether oxygens (including phenoxy) is 1. The number of carbonyl (C=O) groups excluding carboxylic acids is 1. The van der Waals surface area contributed by atoms with E-state index < -0.39 is 0 Å². The Morgan fingerprint density at radius 3 is 2.56 bits per heavy atom. The maximum Gasteiger partial charge on any atom is 0.234 e. The van der Waals surface area contributed by atoms with Crippen molar-refractivity contribution >= 4 is 5.91 Å². The lowest BCUT2D eigenvalue weighted by molar-refractivity contribution is -0.124. The third-order valence-electron chi connectivity index (χ3n) is 3.53. The van der Waals surface area contributed by atoms with Crippen molar-refractivity contribution in [1.82, 2.24) is 10.2 Å². The van der Waals surface area contributed by atoms with Gasteiger partial charge in [-0.1, -0.05) is 6.92 Å². The van der Waals surface area contributed by atoms with Gasteiger partial charge in [-0.25, -0.2) is 0 Å². The van der Waals surface area contributed by atoms with Gasteiger partial charge in [-0.2, -0.15) is 0 Å². The van der Waals surface area contributed by atoms with Gasteiger partial charge in [-0.05, 0) is 26.2 Å². The largest absolute Gasteiger partial charge is 0.374 e. The monoisotopic (exact) mass is 257 g/mol. The fourth-order valence-electron chi connectivity index (χ4n) is 2.36. The molecule has 0 unspecified atom stereocenters. The molecule has 18 heavy (non-hydrogen) atoms. The van der Waals surface area contributed by atoms with Gasteiger partial charge in [0.15, 0.2) is 0 Å². The molecule has 1 aliphatic heterocycles. The summed E-state index contributed by atoms with van der Waals surface area (Å²) in [4.78, 5) is 13.8. The standard InChI is InChI=1S/C13H27N3O2/c1-3-7-15-12(17)10-16-8-5-13(11-14,6-9-16)18-4-2/h3-11,14H2,1-2H3,(H,15,17). The van der Waals surface area contributed by atoms with E-state index in [0.29, 0.717) is 19.7 Å². The van der Waals surface area contributed by atoms with Crippen molar-refractivity contribution in [3.8, 4) is 0 Å². The van der Waals surface area contributed by atoms with E-state index in [2.05, 4.69) is 17.1 Å². The summed E-state index contributed by atoms with van der Waals surface area (Å²) in [6, 6.07) is 0. The van der Waals surface area contributed by atoms with Gasteiger partial charge < -0.3 is 15.8 Å². The molecule has 0 spiro atoms. The normalized spacial score (nSPS) is 19.7. The Morgan fingerprint density at radius 2 is 2.06 bits per heavy atom. The Bertz CT molecular complexity index is 251. The van der Waals surface area contributed by atoms with Crippen molar-refractivity contribution in [2.45, 2.75) is 38.7 Å². The molecule has 0 aliphatic carbocycles. The number of nitrogens with one attached hydrogen (secondary N) is 1. The molecule has 1 fully saturated rings.